The monoisotopic (exact) mass is 188 g/mol. The van der Waals surface area contributed by atoms with Gasteiger partial charge in [-0.05, 0) is 24.6 Å². The fraction of sp³-hybridized carbons (Fsp3) is 0.250. The number of para-hydroxylation sites is 1. The fourth-order valence-electron chi connectivity index (χ4n) is 1.23. The van der Waals surface area contributed by atoms with Crippen molar-refractivity contribution in [2.45, 2.75) is 20.8 Å². The number of aryl methyl sites for hydroxylation is 1. The van der Waals surface area contributed by atoms with E-state index < -0.39 is 0 Å². The summed E-state index contributed by atoms with van der Waals surface area (Å²) in [5, 5.41) is 4.16. The third-order valence-corrected chi connectivity index (χ3v) is 1.87. The van der Waals surface area contributed by atoms with Crippen molar-refractivity contribution in [3.05, 3.63) is 48.3 Å². The van der Waals surface area contributed by atoms with Crippen LogP contribution in [0.2, 0.25) is 0 Å². The zero-order valence-corrected chi connectivity index (χ0v) is 8.94. The summed E-state index contributed by atoms with van der Waals surface area (Å²) in [5.41, 5.74) is 2.38. The van der Waals surface area contributed by atoms with Crippen molar-refractivity contribution < 1.29 is 0 Å². The Morgan fingerprint density at radius 1 is 1.07 bits per heavy atom. The molecular weight excluding hydrogens is 172 g/mol. The molecule has 0 aliphatic heterocycles. The maximum absolute atomic E-state index is 4.16. The van der Waals surface area contributed by atoms with Crippen LogP contribution in [0.25, 0.3) is 5.69 Å². The Morgan fingerprint density at radius 3 is 2.36 bits per heavy atom. The summed E-state index contributed by atoms with van der Waals surface area (Å²) in [5.74, 6) is 0. The van der Waals surface area contributed by atoms with E-state index >= 15 is 0 Å². The van der Waals surface area contributed by atoms with Crippen molar-refractivity contribution in [1.82, 2.24) is 9.78 Å². The summed E-state index contributed by atoms with van der Waals surface area (Å²) in [6.07, 6.45) is 3.73. The Labute approximate surface area is 85.2 Å². The molecule has 0 saturated carbocycles. The van der Waals surface area contributed by atoms with E-state index in [2.05, 4.69) is 24.2 Å². The lowest BCUT2D eigenvalue weighted by atomic mass is 10.2. The Balaban J connectivity index is 0.000000461. The third kappa shape index (κ3) is 2.22. The van der Waals surface area contributed by atoms with Gasteiger partial charge in [-0.3, -0.25) is 0 Å². The molecule has 74 valence electrons. The second-order valence-corrected chi connectivity index (χ2v) is 2.74. The zero-order valence-electron chi connectivity index (χ0n) is 8.94. The van der Waals surface area contributed by atoms with Crippen molar-refractivity contribution in [1.29, 1.82) is 0 Å². The van der Waals surface area contributed by atoms with Crippen LogP contribution in [0.5, 0.6) is 0 Å². The first-order valence-electron chi connectivity index (χ1n) is 4.93. The van der Waals surface area contributed by atoms with Gasteiger partial charge < -0.3 is 0 Å². The molecule has 0 atom stereocenters. The molecule has 1 aromatic heterocycles. The molecule has 0 N–H and O–H groups in total. The van der Waals surface area contributed by atoms with Gasteiger partial charge in [-0.1, -0.05) is 32.0 Å². The minimum Gasteiger partial charge on any atom is -0.241 e. The maximum atomic E-state index is 4.16. The van der Waals surface area contributed by atoms with Crippen LogP contribution in [0.1, 0.15) is 19.4 Å². The molecule has 1 aromatic carbocycles. The van der Waals surface area contributed by atoms with E-state index in [1.807, 2.05) is 42.9 Å². The topological polar surface area (TPSA) is 17.8 Å². The molecule has 0 unspecified atom stereocenters. The van der Waals surface area contributed by atoms with E-state index in [1.165, 1.54) is 5.56 Å². The van der Waals surface area contributed by atoms with Crippen molar-refractivity contribution in [3.8, 4) is 5.69 Å². The average molecular weight is 188 g/mol. The number of nitrogens with zero attached hydrogens (tertiary/aromatic N) is 2. The summed E-state index contributed by atoms with van der Waals surface area (Å²) in [6, 6.07) is 10.1. The molecule has 0 spiro atoms. The van der Waals surface area contributed by atoms with E-state index in [0.717, 1.165) is 5.69 Å². The van der Waals surface area contributed by atoms with E-state index in [1.54, 1.807) is 6.20 Å². The first-order chi connectivity index (χ1) is 6.88. The molecule has 0 aliphatic rings. The highest BCUT2D eigenvalue weighted by Gasteiger charge is 1.97. The Morgan fingerprint density at radius 2 is 1.79 bits per heavy atom. The Kier molecular flexibility index (Phi) is 3.92. The predicted octanol–water partition coefficient (Wildman–Crippen LogP) is 3.21. The highest BCUT2D eigenvalue weighted by molar-refractivity contribution is 5.38. The van der Waals surface area contributed by atoms with Gasteiger partial charge in [0.1, 0.15) is 0 Å². The average Bonchev–Trinajstić information content (AvgIpc) is 2.75. The van der Waals surface area contributed by atoms with Crippen molar-refractivity contribution >= 4 is 0 Å². The van der Waals surface area contributed by atoms with Gasteiger partial charge >= 0.3 is 0 Å². The summed E-state index contributed by atoms with van der Waals surface area (Å²) in [4.78, 5) is 0. The van der Waals surface area contributed by atoms with Crippen molar-refractivity contribution in [2.24, 2.45) is 0 Å². The Bertz CT molecular complexity index is 364. The lowest BCUT2D eigenvalue weighted by molar-refractivity contribution is 0.873. The molecule has 2 heteroatoms. The number of rotatable bonds is 1. The van der Waals surface area contributed by atoms with Crippen molar-refractivity contribution in [2.75, 3.05) is 0 Å². The van der Waals surface area contributed by atoms with E-state index in [4.69, 9.17) is 0 Å². The van der Waals surface area contributed by atoms with Gasteiger partial charge in [0.2, 0.25) is 0 Å². The van der Waals surface area contributed by atoms with Gasteiger partial charge in [-0.2, -0.15) is 5.10 Å². The van der Waals surface area contributed by atoms with Crippen LogP contribution in [-0.4, -0.2) is 9.78 Å². The second kappa shape index (κ2) is 5.22. The minimum absolute atomic E-state index is 1.14. The van der Waals surface area contributed by atoms with Gasteiger partial charge in [0.15, 0.2) is 0 Å². The molecular formula is C12H16N2. The smallest absolute Gasteiger partial charge is 0.0674 e. The second-order valence-electron chi connectivity index (χ2n) is 2.74. The number of aromatic nitrogens is 2. The van der Waals surface area contributed by atoms with Gasteiger partial charge in [0, 0.05) is 12.4 Å². The molecule has 0 bridgehead atoms. The molecule has 0 amide bonds. The predicted molar refractivity (Wildman–Crippen MR) is 59.6 cm³/mol. The highest BCUT2D eigenvalue weighted by atomic mass is 15.3. The van der Waals surface area contributed by atoms with Crippen LogP contribution < -0.4 is 0 Å². The highest BCUT2D eigenvalue weighted by Crippen LogP contribution is 2.10. The lowest BCUT2D eigenvalue weighted by Gasteiger charge is -2.03. The fourth-order valence-corrected chi connectivity index (χ4v) is 1.23. The van der Waals surface area contributed by atoms with Crippen LogP contribution in [0.15, 0.2) is 42.7 Å². The Hall–Kier alpha value is -1.57. The molecule has 0 fully saturated rings. The summed E-state index contributed by atoms with van der Waals surface area (Å²) >= 11 is 0. The van der Waals surface area contributed by atoms with Crippen LogP contribution in [0, 0.1) is 6.92 Å². The molecule has 0 radical (unpaired) electrons. The molecule has 1 heterocycles. The third-order valence-electron chi connectivity index (χ3n) is 1.87. The number of hydrogen-bond donors (Lipinski definition) is 0. The molecule has 0 saturated heterocycles. The van der Waals surface area contributed by atoms with Crippen LogP contribution in [-0.2, 0) is 0 Å². The molecule has 2 rings (SSSR count). The molecule has 2 aromatic rings. The lowest BCUT2D eigenvalue weighted by Crippen LogP contribution is -1.95. The normalized spacial score (nSPS) is 9.07. The van der Waals surface area contributed by atoms with Gasteiger partial charge in [-0.25, -0.2) is 4.68 Å². The largest absolute Gasteiger partial charge is 0.241 e. The number of benzene rings is 1. The van der Waals surface area contributed by atoms with Crippen LogP contribution >= 0.6 is 0 Å². The van der Waals surface area contributed by atoms with Gasteiger partial charge in [0.05, 0.1) is 5.69 Å². The summed E-state index contributed by atoms with van der Waals surface area (Å²) in [7, 11) is 0. The molecule has 0 aliphatic carbocycles. The van der Waals surface area contributed by atoms with E-state index in [0.29, 0.717) is 0 Å². The molecule has 14 heavy (non-hydrogen) atoms. The summed E-state index contributed by atoms with van der Waals surface area (Å²) in [6.45, 7) is 6.08. The quantitative estimate of drug-likeness (QED) is 0.672. The maximum Gasteiger partial charge on any atom is 0.0674 e. The first-order valence-corrected chi connectivity index (χ1v) is 4.93. The van der Waals surface area contributed by atoms with Gasteiger partial charge in [0.25, 0.3) is 0 Å². The van der Waals surface area contributed by atoms with E-state index in [9.17, 15) is 0 Å². The standard InChI is InChI=1S/C10H10N2.C2H6/c1-9-5-2-3-6-10(9)12-8-4-7-11-12;1-2/h2-8H,1H3;1-2H3. The number of hydrogen-bond acceptors (Lipinski definition) is 1. The van der Waals surface area contributed by atoms with Crippen molar-refractivity contribution in [3.63, 3.8) is 0 Å². The van der Waals surface area contributed by atoms with E-state index in [-0.39, 0.29) is 0 Å². The summed E-state index contributed by atoms with van der Waals surface area (Å²) < 4.78 is 1.87. The van der Waals surface area contributed by atoms with Crippen LogP contribution in [0.4, 0.5) is 0 Å². The van der Waals surface area contributed by atoms with Crippen LogP contribution in [0.3, 0.4) is 0 Å². The first kappa shape index (κ1) is 10.5. The zero-order chi connectivity index (χ0) is 10.4. The molecule has 2 nitrogen and oxygen atoms in total. The minimum atomic E-state index is 1.14. The SMILES string of the molecule is CC.Cc1ccccc1-n1cccn1. The van der Waals surface area contributed by atoms with Gasteiger partial charge in [-0.15, -0.1) is 0 Å².